The number of nitrogens with one attached hydrogen (secondary N) is 1. The number of rotatable bonds is 4. The van der Waals surface area contributed by atoms with Crippen LogP contribution >= 0.6 is 0 Å². The Balaban J connectivity index is 2.14. The van der Waals surface area contributed by atoms with Gasteiger partial charge in [-0.2, -0.15) is 0 Å². The van der Waals surface area contributed by atoms with Gasteiger partial charge in [-0.25, -0.2) is 8.78 Å². The third kappa shape index (κ3) is 3.14. The summed E-state index contributed by atoms with van der Waals surface area (Å²) in [6.45, 7) is 3.20. The summed E-state index contributed by atoms with van der Waals surface area (Å²) in [5, 5.41) is 13.1. The summed E-state index contributed by atoms with van der Waals surface area (Å²) >= 11 is 0. The highest BCUT2D eigenvalue weighted by atomic mass is 19.1. The van der Waals surface area contributed by atoms with E-state index >= 15 is 0 Å². The fourth-order valence-corrected chi connectivity index (χ4v) is 1.95. The Kier molecular flexibility index (Phi) is 4.04. The van der Waals surface area contributed by atoms with Crippen LogP contribution < -0.4 is 5.32 Å². The van der Waals surface area contributed by atoms with E-state index in [1.165, 1.54) is 6.92 Å². The second kappa shape index (κ2) is 5.59. The van der Waals surface area contributed by atoms with Gasteiger partial charge in [0, 0.05) is 12.6 Å². The minimum atomic E-state index is -1.17. The largest absolute Gasteiger partial charge is 0.384 e. The monoisotopic (exact) mass is 277 g/mol. The molecule has 0 saturated carbocycles. The minimum absolute atomic E-state index is 0.0457. The van der Waals surface area contributed by atoms with Crippen molar-refractivity contribution in [2.24, 2.45) is 0 Å². The molecule has 1 atom stereocenters. The van der Waals surface area contributed by atoms with Crippen molar-refractivity contribution in [1.82, 2.24) is 0 Å². The molecule has 0 aromatic heterocycles. The molecule has 0 heterocycles. The lowest BCUT2D eigenvalue weighted by Gasteiger charge is -2.25. The Labute approximate surface area is 117 Å². The second-order valence-electron chi connectivity index (χ2n) is 5.07. The molecule has 2 aromatic rings. The molecule has 4 heteroatoms. The van der Waals surface area contributed by atoms with Gasteiger partial charge in [-0.3, -0.25) is 0 Å². The molecule has 20 heavy (non-hydrogen) atoms. The SMILES string of the molecule is Cc1cc(F)c(NCC(C)(O)c2ccccc2)cc1F. The highest BCUT2D eigenvalue weighted by molar-refractivity contribution is 5.47. The van der Waals surface area contributed by atoms with E-state index in [0.717, 1.165) is 12.1 Å². The van der Waals surface area contributed by atoms with Crippen molar-refractivity contribution in [3.05, 3.63) is 65.2 Å². The van der Waals surface area contributed by atoms with Crippen molar-refractivity contribution in [1.29, 1.82) is 0 Å². The van der Waals surface area contributed by atoms with Crippen molar-refractivity contribution in [3.8, 4) is 0 Å². The lowest BCUT2D eigenvalue weighted by molar-refractivity contribution is 0.0714. The third-order valence-corrected chi connectivity index (χ3v) is 3.27. The Hall–Kier alpha value is -1.94. The lowest BCUT2D eigenvalue weighted by atomic mass is 9.96. The van der Waals surface area contributed by atoms with Gasteiger partial charge in [0.25, 0.3) is 0 Å². The molecule has 0 aliphatic rings. The van der Waals surface area contributed by atoms with Crippen LogP contribution in [0.2, 0.25) is 0 Å². The summed E-state index contributed by atoms with van der Waals surface area (Å²) < 4.78 is 27.1. The van der Waals surface area contributed by atoms with E-state index in [2.05, 4.69) is 5.32 Å². The van der Waals surface area contributed by atoms with E-state index in [1.54, 1.807) is 19.1 Å². The maximum Gasteiger partial charge on any atom is 0.146 e. The first kappa shape index (κ1) is 14.5. The molecule has 0 aliphatic heterocycles. The molecular weight excluding hydrogens is 260 g/mol. The van der Waals surface area contributed by atoms with E-state index in [0.29, 0.717) is 5.56 Å². The number of hydrogen-bond acceptors (Lipinski definition) is 2. The molecule has 0 aliphatic carbocycles. The molecule has 0 bridgehead atoms. The fourth-order valence-electron chi connectivity index (χ4n) is 1.95. The molecule has 0 fully saturated rings. The third-order valence-electron chi connectivity index (χ3n) is 3.27. The van der Waals surface area contributed by atoms with Crippen LogP contribution in [0, 0.1) is 18.6 Å². The zero-order valence-corrected chi connectivity index (χ0v) is 11.5. The summed E-state index contributed by atoms with van der Waals surface area (Å²) in [6.07, 6.45) is 0. The zero-order chi connectivity index (χ0) is 14.8. The fraction of sp³-hybridized carbons (Fsp3) is 0.250. The van der Waals surface area contributed by atoms with Gasteiger partial charge in [0.15, 0.2) is 0 Å². The quantitative estimate of drug-likeness (QED) is 0.895. The average molecular weight is 277 g/mol. The first-order valence-electron chi connectivity index (χ1n) is 6.37. The van der Waals surface area contributed by atoms with Gasteiger partial charge in [0.2, 0.25) is 0 Å². The van der Waals surface area contributed by atoms with Crippen LogP contribution in [0.1, 0.15) is 18.1 Å². The number of aliphatic hydroxyl groups is 1. The summed E-state index contributed by atoms with van der Waals surface area (Å²) in [4.78, 5) is 0. The van der Waals surface area contributed by atoms with Crippen LogP contribution in [0.5, 0.6) is 0 Å². The summed E-state index contributed by atoms with van der Waals surface area (Å²) in [5.41, 5.74) is -0.164. The van der Waals surface area contributed by atoms with E-state index in [9.17, 15) is 13.9 Å². The first-order chi connectivity index (χ1) is 9.40. The standard InChI is InChI=1S/C16H17F2NO/c1-11-8-14(18)15(9-13(11)17)19-10-16(2,20)12-6-4-3-5-7-12/h3-9,19-20H,10H2,1-2H3. The van der Waals surface area contributed by atoms with Gasteiger partial charge < -0.3 is 10.4 Å². The molecule has 2 N–H and O–H groups in total. The number of aryl methyl sites for hydroxylation is 1. The van der Waals surface area contributed by atoms with E-state index in [1.807, 2.05) is 18.2 Å². The summed E-state index contributed by atoms with van der Waals surface area (Å²) in [6, 6.07) is 11.3. The maximum absolute atomic E-state index is 13.7. The molecule has 0 radical (unpaired) electrons. The smallest absolute Gasteiger partial charge is 0.146 e. The van der Waals surface area contributed by atoms with E-state index < -0.39 is 17.2 Å². The Morgan fingerprint density at radius 3 is 2.40 bits per heavy atom. The summed E-state index contributed by atoms with van der Waals surface area (Å²) in [5.74, 6) is -1.01. The van der Waals surface area contributed by atoms with E-state index in [4.69, 9.17) is 0 Å². The minimum Gasteiger partial charge on any atom is -0.384 e. The predicted octanol–water partition coefficient (Wildman–Crippen LogP) is 3.59. The Morgan fingerprint density at radius 1 is 1.10 bits per heavy atom. The van der Waals surface area contributed by atoms with Crippen molar-refractivity contribution < 1.29 is 13.9 Å². The van der Waals surface area contributed by atoms with Gasteiger partial charge in [-0.1, -0.05) is 30.3 Å². The number of benzene rings is 2. The maximum atomic E-state index is 13.7. The van der Waals surface area contributed by atoms with Gasteiger partial charge in [-0.05, 0) is 31.0 Å². The summed E-state index contributed by atoms with van der Waals surface area (Å²) in [7, 11) is 0. The molecule has 106 valence electrons. The van der Waals surface area contributed by atoms with Crippen molar-refractivity contribution in [2.75, 3.05) is 11.9 Å². The van der Waals surface area contributed by atoms with Crippen LogP contribution in [-0.2, 0) is 5.60 Å². The Morgan fingerprint density at radius 2 is 1.75 bits per heavy atom. The van der Waals surface area contributed by atoms with Crippen LogP contribution in [0.4, 0.5) is 14.5 Å². The molecular formula is C16H17F2NO. The van der Waals surface area contributed by atoms with Crippen LogP contribution in [0.15, 0.2) is 42.5 Å². The molecule has 2 rings (SSSR count). The molecule has 2 nitrogen and oxygen atoms in total. The first-order valence-corrected chi connectivity index (χ1v) is 6.37. The van der Waals surface area contributed by atoms with Crippen molar-refractivity contribution in [2.45, 2.75) is 19.4 Å². The van der Waals surface area contributed by atoms with Gasteiger partial charge in [0.05, 0.1) is 5.69 Å². The number of hydrogen-bond donors (Lipinski definition) is 2. The Bertz CT molecular complexity index is 597. The van der Waals surface area contributed by atoms with E-state index in [-0.39, 0.29) is 17.8 Å². The van der Waals surface area contributed by atoms with Crippen molar-refractivity contribution in [3.63, 3.8) is 0 Å². The molecule has 0 amide bonds. The number of halogens is 2. The van der Waals surface area contributed by atoms with Gasteiger partial charge in [0.1, 0.15) is 17.2 Å². The van der Waals surface area contributed by atoms with Crippen LogP contribution in [-0.4, -0.2) is 11.7 Å². The molecule has 2 aromatic carbocycles. The molecule has 0 saturated heterocycles. The van der Waals surface area contributed by atoms with Crippen molar-refractivity contribution >= 4 is 5.69 Å². The molecule has 0 spiro atoms. The normalized spacial score (nSPS) is 13.8. The van der Waals surface area contributed by atoms with Gasteiger partial charge in [-0.15, -0.1) is 0 Å². The van der Waals surface area contributed by atoms with Crippen LogP contribution in [0.3, 0.4) is 0 Å². The van der Waals surface area contributed by atoms with Crippen LogP contribution in [0.25, 0.3) is 0 Å². The second-order valence-corrected chi connectivity index (χ2v) is 5.07. The highest BCUT2D eigenvalue weighted by Crippen LogP contribution is 2.23. The zero-order valence-electron chi connectivity index (χ0n) is 11.5. The number of anilines is 1. The average Bonchev–Trinajstić information content (AvgIpc) is 2.42. The topological polar surface area (TPSA) is 32.3 Å². The highest BCUT2D eigenvalue weighted by Gasteiger charge is 2.23. The lowest BCUT2D eigenvalue weighted by Crippen LogP contribution is -2.30. The molecule has 1 unspecified atom stereocenters. The predicted molar refractivity (Wildman–Crippen MR) is 75.6 cm³/mol. The van der Waals surface area contributed by atoms with Gasteiger partial charge >= 0.3 is 0 Å².